The predicted octanol–water partition coefficient (Wildman–Crippen LogP) is 1.65. The van der Waals surface area contributed by atoms with Gasteiger partial charge in [0.15, 0.2) is 0 Å². The van der Waals surface area contributed by atoms with Gasteiger partial charge >= 0.3 is 0 Å². The third-order valence-electron chi connectivity index (χ3n) is 2.24. The minimum Gasteiger partial charge on any atom is -0.294 e. The van der Waals surface area contributed by atoms with Gasteiger partial charge < -0.3 is 0 Å². The first kappa shape index (κ1) is 11.6. The fraction of sp³-hybridized carbons (Fsp3) is 0.182. The number of benzene rings is 1. The number of nitrogens with zero attached hydrogens (tertiary/aromatic N) is 3. The second-order valence-corrected chi connectivity index (χ2v) is 4.00. The molecule has 0 radical (unpaired) electrons. The van der Waals surface area contributed by atoms with Crippen molar-refractivity contribution in [3.63, 3.8) is 0 Å². The fourth-order valence-electron chi connectivity index (χ4n) is 1.37. The molecule has 0 atom stereocenters. The molecule has 1 heterocycles. The van der Waals surface area contributed by atoms with Crippen molar-refractivity contribution >= 4 is 23.5 Å². The van der Waals surface area contributed by atoms with E-state index in [0.29, 0.717) is 11.0 Å². The number of rotatable bonds is 3. The maximum Gasteiger partial charge on any atom is 0.231 e. The molecule has 0 unspecified atom stereocenters. The number of aryl methyl sites for hydroxylation is 1. The molecule has 0 fully saturated rings. The van der Waals surface area contributed by atoms with Crippen molar-refractivity contribution in [3.8, 4) is 0 Å². The van der Waals surface area contributed by atoms with Crippen molar-refractivity contribution in [2.75, 3.05) is 5.32 Å². The first-order valence-corrected chi connectivity index (χ1v) is 5.41. The van der Waals surface area contributed by atoms with Crippen LogP contribution in [0.25, 0.3) is 0 Å². The van der Waals surface area contributed by atoms with Gasteiger partial charge in [0.1, 0.15) is 6.33 Å². The number of hydrogen-bond donors (Lipinski definition) is 1. The maximum absolute atomic E-state index is 11.7. The van der Waals surface area contributed by atoms with Crippen molar-refractivity contribution in [2.24, 2.45) is 7.05 Å². The highest BCUT2D eigenvalue weighted by Crippen LogP contribution is 2.10. The average Bonchev–Trinajstić information content (AvgIpc) is 2.68. The van der Waals surface area contributed by atoms with Crippen LogP contribution in [0.15, 0.2) is 30.6 Å². The largest absolute Gasteiger partial charge is 0.294 e. The lowest BCUT2D eigenvalue weighted by Gasteiger charge is -2.03. The second kappa shape index (κ2) is 4.97. The Labute approximate surface area is 103 Å². The van der Waals surface area contributed by atoms with Gasteiger partial charge in [0.25, 0.3) is 0 Å². The van der Waals surface area contributed by atoms with E-state index in [1.54, 1.807) is 19.2 Å². The van der Waals surface area contributed by atoms with Gasteiger partial charge in [-0.25, -0.2) is 4.68 Å². The summed E-state index contributed by atoms with van der Waals surface area (Å²) in [6.07, 6.45) is 1.67. The molecule has 2 rings (SSSR count). The van der Waals surface area contributed by atoms with Gasteiger partial charge in [-0.2, -0.15) is 10.1 Å². The zero-order chi connectivity index (χ0) is 12.3. The van der Waals surface area contributed by atoms with E-state index in [-0.39, 0.29) is 12.3 Å². The molecule has 1 N–H and O–H groups in total. The number of hydrogen-bond acceptors (Lipinski definition) is 3. The van der Waals surface area contributed by atoms with E-state index in [4.69, 9.17) is 11.6 Å². The van der Waals surface area contributed by atoms with Gasteiger partial charge in [0.05, 0.1) is 6.42 Å². The summed E-state index contributed by atoms with van der Waals surface area (Å²) in [4.78, 5) is 15.6. The Bertz CT molecular complexity index is 521. The summed E-state index contributed by atoms with van der Waals surface area (Å²) in [7, 11) is 1.71. The molecule has 1 amide bonds. The molecule has 0 aliphatic carbocycles. The lowest BCUT2D eigenvalue weighted by Crippen LogP contribution is -2.17. The average molecular weight is 251 g/mol. The van der Waals surface area contributed by atoms with Gasteiger partial charge in [-0.15, -0.1) is 0 Å². The molecule has 0 aliphatic rings. The van der Waals surface area contributed by atoms with Crippen molar-refractivity contribution in [2.45, 2.75) is 6.42 Å². The number of carbonyl (C=O) groups excluding carboxylic acids is 1. The van der Waals surface area contributed by atoms with Crippen LogP contribution < -0.4 is 5.32 Å². The van der Waals surface area contributed by atoms with E-state index >= 15 is 0 Å². The Morgan fingerprint density at radius 1 is 1.41 bits per heavy atom. The summed E-state index contributed by atoms with van der Waals surface area (Å²) in [6, 6.07) is 7.15. The molecule has 1 aromatic carbocycles. The highest BCUT2D eigenvalue weighted by molar-refractivity contribution is 6.30. The third kappa shape index (κ3) is 3.04. The molecular weight excluding hydrogens is 240 g/mol. The summed E-state index contributed by atoms with van der Waals surface area (Å²) in [5.74, 6) is 0.299. The van der Waals surface area contributed by atoms with Crippen LogP contribution in [0.2, 0.25) is 5.02 Å². The summed E-state index contributed by atoms with van der Waals surface area (Å²) < 4.78 is 1.50. The molecule has 5 nitrogen and oxygen atoms in total. The van der Waals surface area contributed by atoms with Crippen LogP contribution in [0.5, 0.6) is 0 Å². The van der Waals surface area contributed by atoms with Gasteiger partial charge in [0, 0.05) is 12.1 Å². The zero-order valence-corrected chi connectivity index (χ0v) is 9.98. The van der Waals surface area contributed by atoms with Crippen molar-refractivity contribution in [1.82, 2.24) is 14.8 Å². The lowest BCUT2D eigenvalue weighted by molar-refractivity contribution is -0.115. The first-order valence-electron chi connectivity index (χ1n) is 5.03. The molecule has 0 bridgehead atoms. The van der Waals surface area contributed by atoms with Crippen LogP contribution in [0.1, 0.15) is 5.56 Å². The topological polar surface area (TPSA) is 59.8 Å². The molecule has 2 aromatic rings. The number of aromatic nitrogens is 3. The molecule has 0 aliphatic heterocycles. The van der Waals surface area contributed by atoms with Crippen LogP contribution in [0.3, 0.4) is 0 Å². The minimum atomic E-state index is -0.136. The van der Waals surface area contributed by atoms with E-state index in [1.165, 1.54) is 11.0 Å². The highest BCUT2D eigenvalue weighted by Gasteiger charge is 2.07. The normalized spacial score (nSPS) is 10.2. The smallest absolute Gasteiger partial charge is 0.231 e. The van der Waals surface area contributed by atoms with Crippen molar-refractivity contribution < 1.29 is 4.79 Å². The van der Waals surface area contributed by atoms with Crippen LogP contribution in [-0.4, -0.2) is 20.7 Å². The number of halogens is 1. The SMILES string of the molecule is Cn1ncnc1NC(=O)Cc1ccc(Cl)cc1. The van der Waals surface area contributed by atoms with E-state index in [1.807, 2.05) is 12.1 Å². The minimum absolute atomic E-state index is 0.136. The monoisotopic (exact) mass is 250 g/mol. The Morgan fingerprint density at radius 2 is 2.12 bits per heavy atom. The summed E-state index contributed by atoms with van der Waals surface area (Å²) in [6.45, 7) is 0. The Kier molecular flexibility index (Phi) is 3.39. The number of anilines is 1. The van der Waals surface area contributed by atoms with Gasteiger partial charge in [0.2, 0.25) is 11.9 Å². The molecular formula is C11H11ClN4O. The van der Waals surface area contributed by atoms with E-state index < -0.39 is 0 Å². The van der Waals surface area contributed by atoms with E-state index in [2.05, 4.69) is 15.4 Å². The van der Waals surface area contributed by atoms with Gasteiger partial charge in [-0.1, -0.05) is 23.7 Å². The quantitative estimate of drug-likeness (QED) is 0.901. The number of carbonyl (C=O) groups is 1. The Balaban J connectivity index is 1.98. The van der Waals surface area contributed by atoms with Crippen LogP contribution in [0.4, 0.5) is 5.95 Å². The van der Waals surface area contributed by atoms with Crippen molar-refractivity contribution in [3.05, 3.63) is 41.2 Å². The summed E-state index contributed by atoms with van der Waals surface area (Å²) in [5, 5.41) is 7.19. The number of amides is 1. The molecule has 0 saturated heterocycles. The highest BCUT2D eigenvalue weighted by atomic mass is 35.5. The molecule has 1 aromatic heterocycles. The van der Waals surface area contributed by atoms with Crippen LogP contribution in [0, 0.1) is 0 Å². The van der Waals surface area contributed by atoms with Gasteiger partial charge in [-0.05, 0) is 17.7 Å². The molecule has 88 valence electrons. The van der Waals surface area contributed by atoms with Gasteiger partial charge in [-0.3, -0.25) is 10.1 Å². The summed E-state index contributed by atoms with van der Waals surface area (Å²) >= 11 is 5.76. The first-order chi connectivity index (χ1) is 8.15. The number of nitrogens with one attached hydrogen (secondary N) is 1. The molecule has 0 saturated carbocycles. The van der Waals surface area contributed by atoms with E-state index in [9.17, 15) is 4.79 Å². The molecule has 0 spiro atoms. The van der Waals surface area contributed by atoms with Crippen LogP contribution in [-0.2, 0) is 18.3 Å². The fourth-order valence-corrected chi connectivity index (χ4v) is 1.49. The second-order valence-electron chi connectivity index (χ2n) is 3.56. The predicted molar refractivity (Wildman–Crippen MR) is 64.8 cm³/mol. The maximum atomic E-state index is 11.7. The third-order valence-corrected chi connectivity index (χ3v) is 2.49. The Morgan fingerprint density at radius 3 is 2.71 bits per heavy atom. The zero-order valence-electron chi connectivity index (χ0n) is 9.22. The lowest BCUT2D eigenvalue weighted by atomic mass is 10.1. The summed E-state index contributed by atoms with van der Waals surface area (Å²) in [5.41, 5.74) is 0.897. The van der Waals surface area contributed by atoms with Crippen molar-refractivity contribution in [1.29, 1.82) is 0 Å². The molecule has 6 heteroatoms. The standard InChI is InChI=1S/C11H11ClN4O/c1-16-11(13-7-14-16)15-10(17)6-8-2-4-9(12)5-3-8/h2-5,7H,6H2,1H3,(H,13,14,15,17). The van der Waals surface area contributed by atoms with Crippen LogP contribution >= 0.6 is 11.6 Å². The van der Waals surface area contributed by atoms with E-state index in [0.717, 1.165) is 5.56 Å². The molecule has 17 heavy (non-hydrogen) atoms. The Hall–Kier alpha value is -1.88.